The number of aryl methyl sites for hydroxylation is 1. The van der Waals surface area contributed by atoms with Crippen molar-refractivity contribution >= 4 is 28.7 Å². The van der Waals surface area contributed by atoms with Crippen LogP contribution in [0.3, 0.4) is 0 Å². The van der Waals surface area contributed by atoms with Crippen LogP contribution in [0.15, 0.2) is 78.7 Å². The van der Waals surface area contributed by atoms with Gasteiger partial charge in [0.2, 0.25) is 5.78 Å². The number of carbonyl (C=O) groups is 2. The number of ether oxygens (including phenoxy) is 3. The maximum absolute atomic E-state index is 12.9. The Kier molecular flexibility index (Phi) is 4.75. The van der Waals surface area contributed by atoms with Gasteiger partial charge in [0.05, 0.1) is 12.7 Å². The molecule has 1 aliphatic rings. The van der Waals surface area contributed by atoms with Crippen molar-refractivity contribution in [3.8, 4) is 17.2 Å². The van der Waals surface area contributed by atoms with Gasteiger partial charge < -0.3 is 18.8 Å². The first-order valence-corrected chi connectivity index (χ1v) is 10.0. The highest BCUT2D eigenvalue weighted by Gasteiger charge is 2.28. The molecule has 0 aliphatic carbocycles. The molecule has 0 saturated heterocycles. The van der Waals surface area contributed by atoms with Crippen molar-refractivity contribution in [1.29, 1.82) is 0 Å². The number of aromatic nitrogens is 1. The average molecular weight is 425 g/mol. The van der Waals surface area contributed by atoms with Crippen LogP contribution in [0.5, 0.6) is 17.2 Å². The summed E-state index contributed by atoms with van der Waals surface area (Å²) < 4.78 is 18.5. The minimum atomic E-state index is -0.557. The average Bonchev–Trinajstić information content (AvgIpc) is 3.30. The van der Waals surface area contributed by atoms with Crippen molar-refractivity contribution in [1.82, 2.24) is 4.57 Å². The zero-order valence-corrected chi connectivity index (χ0v) is 17.5. The number of rotatable bonds is 4. The van der Waals surface area contributed by atoms with Crippen LogP contribution >= 0.6 is 0 Å². The highest BCUT2D eigenvalue weighted by atomic mass is 16.5. The van der Waals surface area contributed by atoms with Gasteiger partial charge in [0.15, 0.2) is 5.76 Å². The molecule has 0 radical (unpaired) electrons. The molecule has 6 heteroatoms. The molecule has 0 spiro atoms. The van der Waals surface area contributed by atoms with E-state index in [0.29, 0.717) is 22.6 Å². The van der Waals surface area contributed by atoms with Crippen LogP contribution in [0.25, 0.3) is 17.0 Å². The lowest BCUT2D eigenvalue weighted by Gasteiger charge is -2.08. The summed E-state index contributed by atoms with van der Waals surface area (Å²) in [6.45, 7) is 0. The molecule has 1 aliphatic heterocycles. The van der Waals surface area contributed by atoms with Crippen molar-refractivity contribution in [2.45, 2.75) is 0 Å². The monoisotopic (exact) mass is 425 g/mol. The van der Waals surface area contributed by atoms with Gasteiger partial charge in [0.25, 0.3) is 0 Å². The fourth-order valence-electron chi connectivity index (χ4n) is 3.84. The van der Waals surface area contributed by atoms with E-state index >= 15 is 0 Å². The number of esters is 1. The van der Waals surface area contributed by atoms with Gasteiger partial charge in [-0.05, 0) is 36.4 Å². The Morgan fingerprint density at radius 2 is 1.81 bits per heavy atom. The molecule has 0 unspecified atom stereocenters. The van der Waals surface area contributed by atoms with Crippen LogP contribution in [0.2, 0.25) is 0 Å². The van der Waals surface area contributed by atoms with Crippen molar-refractivity contribution < 1.29 is 23.8 Å². The third-order valence-electron chi connectivity index (χ3n) is 5.39. The third kappa shape index (κ3) is 3.32. The quantitative estimate of drug-likeness (QED) is 0.261. The SMILES string of the molecule is COc1ccccc1C(=O)Oc1ccc2c(c1)O/C(=C/c1cn(C)c3ccccc13)C2=O. The summed E-state index contributed by atoms with van der Waals surface area (Å²) in [4.78, 5) is 25.4. The second-order valence-electron chi connectivity index (χ2n) is 7.40. The Bertz CT molecular complexity index is 1410. The van der Waals surface area contributed by atoms with Crippen LogP contribution in [0.1, 0.15) is 26.3 Å². The van der Waals surface area contributed by atoms with Gasteiger partial charge in [-0.15, -0.1) is 0 Å². The van der Waals surface area contributed by atoms with E-state index in [1.165, 1.54) is 7.11 Å². The van der Waals surface area contributed by atoms with E-state index in [2.05, 4.69) is 0 Å². The summed E-state index contributed by atoms with van der Waals surface area (Å²) in [7, 11) is 3.45. The molecule has 2 heterocycles. The summed E-state index contributed by atoms with van der Waals surface area (Å²) in [5.41, 5.74) is 2.69. The van der Waals surface area contributed by atoms with Gasteiger partial charge in [0.1, 0.15) is 22.8 Å². The van der Waals surface area contributed by atoms with Gasteiger partial charge in [-0.3, -0.25) is 4.79 Å². The molecule has 3 aromatic carbocycles. The first-order chi connectivity index (χ1) is 15.5. The minimum absolute atomic E-state index is 0.212. The van der Waals surface area contributed by atoms with Crippen molar-refractivity contribution in [2.75, 3.05) is 7.11 Å². The maximum Gasteiger partial charge on any atom is 0.347 e. The summed E-state index contributed by atoms with van der Waals surface area (Å²) in [5.74, 6) is 0.509. The van der Waals surface area contributed by atoms with Gasteiger partial charge in [-0.1, -0.05) is 30.3 Å². The molecule has 0 fully saturated rings. The van der Waals surface area contributed by atoms with E-state index in [9.17, 15) is 9.59 Å². The van der Waals surface area contributed by atoms with Crippen LogP contribution in [-0.2, 0) is 7.05 Å². The van der Waals surface area contributed by atoms with E-state index in [4.69, 9.17) is 14.2 Å². The van der Waals surface area contributed by atoms with Crippen LogP contribution in [-0.4, -0.2) is 23.4 Å². The van der Waals surface area contributed by atoms with Crippen LogP contribution in [0.4, 0.5) is 0 Å². The van der Waals surface area contributed by atoms with Gasteiger partial charge in [-0.25, -0.2) is 4.79 Å². The van der Waals surface area contributed by atoms with Crippen LogP contribution < -0.4 is 14.2 Å². The largest absolute Gasteiger partial charge is 0.496 e. The second-order valence-corrected chi connectivity index (χ2v) is 7.40. The molecule has 0 atom stereocenters. The number of fused-ring (bicyclic) bond motifs is 2. The molecule has 32 heavy (non-hydrogen) atoms. The molecular formula is C26H19NO5. The Hall–Kier alpha value is -4.32. The zero-order chi connectivity index (χ0) is 22.2. The van der Waals surface area contributed by atoms with Crippen LogP contribution in [0, 0.1) is 0 Å². The van der Waals surface area contributed by atoms with Gasteiger partial charge in [0, 0.05) is 35.8 Å². The summed E-state index contributed by atoms with van der Waals surface area (Å²) >= 11 is 0. The number of allylic oxidation sites excluding steroid dienone is 1. The lowest BCUT2D eigenvalue weighted by molar-refractivity contribution is 0.0731. The Morgan fingerprint density at radius 3 is 2.66 bits per heavy atom. The standard InChI is InChI=1S/C26H19NO5/c1-27-15-16(18-7-3-5-9-21(18)27)13-24-25(28)19-12-11-17(14-23(19)32-24)31-26(29)20-8-4-6-10-22(20)30-2/h3-15H,1-2H3/b24-13+. The van der Waals surface area contributed by atoms with E-state index in [1.54, 1.807) is 48.5 Å². The molecule has 6 nitrogen and oxygen atoms in total. The van der Waals surface area contributed by atoms with E-state index in [1.807, 2.05) is 42.1 Å². The predicted octanol–water partition coefficient (Wildman–Crippen LogP) is 5.02. The van der Waals surface area contributed by atoms with Crippen molar-refractivity contribution in [3.05, 3.63) is 95.4 Å². The smallest absolute Gasteiger partial charge is 0.347 e. The number of carbonyl (C=O) groups excluding carboxylic acids is 2. The highest BCUT2D eigenvalue weighted by Crippen LogP contribution is 2.36. The minimum Gasteiger partial charge on any atom is -0.496 e. The molecule has 0 saturated carbocycles. The number of para-hydroxylation sites is 2. The Balaban J connectivity index is 1.42. The number of hydrogen-bond donors (Lipinski definition) is 0. The third-order valence-corrected chi connectivity index (χ3v) is 5.39. The number of hydrogen-bond acceptors (Lipinski definition) is 5. The maximum atomic E-state index is 12.9. The highest BCUT2D eigenvalue weighted by molar-refractivity contribution is 6.15. The fraction of sp³-hybridized carbons (Fsp3) is 0.0769. The van der Waals surface area contributed by atoms with Gasteiger partial charge >= 0.3 is 5.97 Å². The molecule has 158 valence electrons. The molecule has 0 N–H and O–H groups in total. The Labute approximate surface area is 184 Å². The fourth-order valence-corrected chi connectivity index (χ4v) is 3.84. The Morgan fingerprint density at radius 1 is 1.03 bits per heavy atom. The molecular weight excluding hydrogens is 406 g/mol. The molecule has 5 rings (SSSR count). The number of nitrogens with zero attached hydrogens (tertiary/aromatic N) is 1. The van der Waals surface area contributed by atoms with E-state index < -0.39 is 5.97 Å². The number of benzene rings is 3. The van der Waals surface area contributed by atoms with E-state index in [0.717, 1.165) is 16.5 Å². The second kappa shape index (κ2) is 7.74. The van der Waals surface area contributed by atoms with Gasteiger partial charge in [-0.2, -0.15) is 0 Å². The summed E-state index contributed by atoms with van der Waals surface area (Å²) in [6, 6.07) is 19.5. The number of ketones is 1. The zero-order valence-electron chi connectivity index (χ0n) is 17.5. The normalized spacial score (nSPS) is 13.8. The number of Topliss-reactive ketones (excluding diaryl/α,β-unsaturated/α-hetero) is 1. The summed E-state index contributed by atoms with van der Waals surface area (Å²) in [5, 5.41) is 1.03. The summed E-state index contributed by atoms with van der Waals surface area (Å²) in [6.07, 6.45) is 3.70. The van der Waals surface area contributed by atoms with E-state index in [-0.39, 0.29) is 17.3 Å². The first kappa shape index (κ1) is 19.6. The lowest BCUT2D eigenvalue weighted by atomic mass is 10.1. The van der Waals surface area contributed by atoms with Crippen molar-refractivity contribution in [2.24, 2.45) is 7.05 Å². The van der Waals surface area contributed by atoms with Crippen molar-refractivity contribution in [3.63, 3.8) is 0 Å². The topological polar surface area (TPSA) is 66.8 Å². The molecule has 0 bridgehead atoms. The molecule has 1 aromatic heterocycles. The number of methoxy groups -OCH3 is 1. The first-order valence-electron chi connectivity index (χ1n) is 10.0. The molecule has 4 aromatic rings. The molecule has 0 amide bonds. The lowest BCUT2D eigenvalue weighted by Crippen LogP contribution is -2.10. The predicted molar refractivity (Wildman–Crippen MR) is 120 cm³/mol.